The van der Waals surface area contributed by atoms with Crippen molar-refractivity contribution in [1.29, 1.82) is 0 Å². The second-order valence-corrected chi connectivity index (χ2v) is 6.56. The Kier molecular flexibility index (Phi) is 7.42. The Labute approximate surface area is 165 Å². The van der Waals surface area contributed by atoms with Gasteiger partial charge in [0.2, 0.25) is 0 Å². The van der Waals surface area contributed by atoms with Gasteiger partial charge in [0.15, 0.2) is 5.69 Å². The Balaban J connectivity index is 2.27. The predicted molar refractivity (Wildman–Crippen MR) is 97.5 cm³/mol. The largest absolute Gasteiger partial charge is 0.435 e. The first-order valence-electron chi connectivity index (χ1n) is 8.73. The lowest BCUT2D eigenvalue weighted by Crippen LogP contribution is -2.38. The van der Waals surface area contributed by atoms with E-state index in [0.29, 0.717) is 18.2 Å². The van der Waals surface area contributed by atoms with Crippen LogP contribution < -0.4 is 0 Å². The molecule has 0 aliphatic heterocycles. The third kappa shape index (κ3) is 5.68. The summed E-state index contributed by atoms with van der Waals surface area (Å²) < 4.78 is 51.9. The number of carbonyl (C=O) groups is 1. The van der Waals surface area contributed by atoms with Crippen LogP contribution in [0.1, 0.15) is 35.6 Å². The Morgan fingerprint density at radius 1 is 1.18 bits per heavy atom. The molecule has 0 spiro atoms. The molecule has 5 nitrogen and oxygen atoms in total. The molecule has 0 bridgehead atoms. The van der Waals surface area contributed by atoms with Crippen LogP contribution in [-0.4, -0.2) is 52.1 Å². The zero-order valence-corrected chi connectivity index (χ0v) is 16.2. The van der Waals surface area contributed by atoms with Crippen molar-refractivity contribution in [2.24, 2.45) is 0 Å². The van der Waals surface area contributed by atoms with Crippen molar-refractivity contribution in [2.75, 3.05) is 26.2 Å². The molecule has 1 heterocycles. The van der Waals surface area contributed by atoms with Gasteiger partial charge in [0.25, 0.3) is 5.91 Å². The molecule has 154 valence electrons. The van der Waals surface area contributed by atoms with Crippen LogP contribution >= 0.6 is 11.6 Å². The molecule has 0 aliphatic carbocycles. The SMILES string of the molecule is CCN(CC)CCN(Cc1cc(F)ccc1Cl)C(=O)c1cc(C(F)(F)F)n[nH]1. The lowest BCUT2D eigenvalue weighted by molar-refractivity contribution is -0.141. The number of nitrogens with zero attached hydrogens (tertiary/aromatic N) is 3. The van der Waals surface area contributed by atoms with Gasteiger partial charge in [-0.1, -0.05) is 25.4 Å². The molecule has 0 saturated heterocycles. The van der Waals surface area contributed by atoms with Crippen molar-refractivity contribution in [3.05, 3.63) is 52.1 Å². The highest BCUT2D eigenvalue weighted by molar-refractivity contribution is 6.31. The minimum atomic E-state index is -4.66. The maximum absolute atomic E-state index is 13.6. The summed E-state index contributed by atoms with van der Waals surface area (Å²) in [5.41, 5.74) is -1.10. The van der Waals surface area contributed by atoms with Crippen LogP contribution in [0.5, 0.6) is 0 Å². The molecule has 0 saturated carbocycles. The number of halogens is 5. The molecule has 1 N–H and O–H groups in total. The number of hydrogen-bond donors (Lipinski definition) is 1. The van der Waals surface area contributed by atoms with Crippen LogP contribution in [0.25, 0.3) is 0 Å². The molecule has 28 heavy (non-hydrogen) atoms. The normalized spacial score (nSPS) is 11.9. The highest BCUT2D eigenvalue weighted by Crippen LogP contribution is 2.28. The Morgan fingerprint density at radius 2 is 1.86 bits per heavy atom. The fraction of sp³-hybridized carbons (Fsp3) is 0.444. The van der Waals surface area contributed by atoms with E-state index < -0.39 is 23.6 Å². The summed E-state index contributed by atoms with van der Waals surface area (Å²) in [6, 6.07) is 4.43. The number of hydrogen-bond acceptors (Lipinski definition) is 3. The van der Waals surface area contributed by atoms with Gasteiger partial charge in [0.05, 0.1) is 0 Å². The number of aromatic amines is 1. The van der Waals surface area contributed by atoms with Crippen LogP contribution in [0.3, 0.4) is 0 Å². The minimum absolute atomic E-state index is 0.0446. The maximum atomic E-state index is 13.6. The average molecular weight is 421 g/mol. The average Bonchev–Trinajstić information content (AvgIpc) is 3.14. The summed E-state index contributed by atoms with van der Waals surface area (Å²) in [6.45, 7) is 6.12. The molecule has 0 unspecified atom stereocenters. The molecule has 0 radical (unpaired) electrons. The Bertz CT molecular complexity index is 805. The molecule has 2 rings (SSSR count). The van der Waals surface area contributed by atoms with Crippen molar-refractivity contribution in [2.45, 2.75) is 26.6 Å². The maximum Gasteiger partial charge on any atom is 0.435 e. The van der Waals surface area contributed by atoms with Crippen LogP contribution in [0.2, 0.25) is 5.02 Å². The Hall–Kier alpha value is -2.13. The van der Waals surface area contributed by atoms with Gasteiger partial charge in [-0.05, 0) is 36.9 Å². The number of nitrogens with one attached hydrogen (secondary N) is 1. The number of H-pyrrole nitrogens is 1. The number of likely N-dealkylation sites (N-methyl/N-ethyl adjacent to an activating group) is 1. The van der Waals surface area contributed by atoms with Gasteiger partial charge in [0, 0.05) is 30.7 Å². The predicted octanol–water partition coefficient (Wildman–Crippen LogP) is 4.21. The summed E-state index contributed by atoms with van der Waals surface area (Å²) in [5, 5.41) is 5.57. The summed E-state index contributed by atoms with van der Waals surface area (Å²) in [7, 11) is 0. The lowest BCUT2D eigenvalue weighted by Gasteiger charge is -2.26. The van der Waals surface area contributed by atoms with Gasteiger partial charge in [-0.2, -0.15) is 18.3 Å². The number of benzene rings is 1. The molecule has 1 amide bonds. The summed E-state index contributed by atoms with van der Waals surface area (Å²) in [5.74, 6) is -1.19. The molecule has 0 fully saturated rings. The summed E-state index contributed by atoms with van der Waals surface area (Å²) in [6.07, 6.45) is -4.66. The zero-order chi connectivity index (χ0) is 20.9. The molecule has 1 aromatic heterocycles. The first kappa shape index (κ1) is 22.2. The molecular weight excluding hydrogens is 400 g/mol. The van der Waals surface area contributed by atoms with E-state index in [9.17, 15) is 22.4 Å². The van der Waals surface area contributed by atoms with E-state index in [1.165, 1.54) is 23.1 Å². The number of rotatable bonds is 8. The third-order valence-electron chi connectivity index (χ3n) is 4.34. The number of amides is 1. The first-order valence-corrected chi connectivity index (χ1v) is 9.11. The highest BCUT2D eigenvalue weighted by Gasteiger charge is 2.35. The van der Waals surface area contributed by atoms with Crippen LogP contribution in [0.4, 0.5) is 17.6 Å². The van der Waals surface area contributed by atoms with Crippen LogP contribution in [0.15, 0.2) is 24.3 Å². The van der Waals surface area contributed by atoms with Gasteiger partial charge in [0.1, 0.15) is 11.5 Å². The monoisotopic (exact) mass is 420 g/mol. The van der Waals surface area contributed by atoms with E-state index in [-0.39, 0.29) is 23.8 Å². The first-order chi connectivity index (χ1) is 13.2. The van der Waals surface area contributed by atoms with E-state index in [2.05, 4.69) is 15.1 Å². The zero-order valence-electron chi connectivity index (χ0n) is 15.5. The molecule has 1 aromatic carbocycles. The van der Waals surface area contributed by atoms with Gasteiger partial charge < -0.3 is 9.80 Å². The second kappa shape index (κ2) is 9.38. The van der Waals surface area contributed by atoms with E-state index in [1.54, 1.807) is 0 Å². The number of carbonyl (C=O) groups excluding carboxylic acids is 1. The van der Waals surface area contributed by atoms with Crippen molar-refractivity contribution in [3.63, 3.8) is 0 Å². The van der Waals surface area contributed by atoms with Gasteiger partial charge in [-0.15, -0.1) is 0 Å². The van der Waals surface area contributed by atoms with Crippen molar-refractivity contribution in [3.8, 4) is 0 Å². The fourth-order valence-electron chi connectivity index (χ4n) is 2.67. The highest BCUT2D eigenvalue weighted by atomic mass is 35.5. The lowest BCUT2D eigenvalue weighted by atomic mass is 10.2. The number of alkyl halides is 3. The Morgan fingerprint density at radius 3 is 2.43 bits per heavy atom. The van der Waals surface area contributed by atoms with E-state index in [4.69, 9.17) is 11.6 Å². The van der Waals surface area contributed by atoms with Gasteiger partial charge in [-0.25, -0.2) is 4.39 Å². The van der Waals surface area contributed by atoms with E-state index in [0.717, 1.165) is 13.1 Å². The van der Waals surface area contributed by atoms with Crippen molar-refractivity contribution >= 4 is 17.5 Å². The third-order valence-corrected chi connectivity index (χ3v) is 4.70. The van der Waals surface area contributed by atoms with Gasteiger partial charge >= 0.3 is 6.18 Å². The fourth-order valence-corrected chi connectivity index (χ4v) is 2.85. The summed E-state index contributed by atoms with van der Waals surface area (Å²) >= 11 is 6.09. The van der Waals surface area contributed by atoms with Crippen LogP contribution in [0, 0.1) is 5.82 Å². The topological polar surface area (TPSA) is 52.2 Å². The summed E-state index contributed by atoms with van der Waals surface area (Å²) in [4.78, 5) is 16.2. The van der Waals surface area contributed by atoms with Crippen LogP contribution in [-0.2, 0) is 12.7 Å². The molecule has 2 aromatic rings. The van der Waals surface area contributed by atoms with Crippen molar-refractivity contribution in [1.82, 2.24) is 20.0 Å². The van der Waals surface area contributed by atoms with E-state index >= 15 is 0 Å². The minimum Gasteiger partial charge on any atom is -0.332 e. The standard InChI is InChI=1S/C18H21ClF4N4O/c1-3-26(4-2)7-8-27(11-12-9-13(20)5-6-14(12)19)17(28)15-10-16(25-24-15)18(21,22)23/h5-6,9-10H,3-4,7-8,11H2,1-2H3,(H,24,25). The van der Waals surface area contributed by atoms with Crippen molar-refractivity contribution < 1.29 is 22.4 Å². The molecule has 0 atom stereocenters. The van der Waals surface area contributed by atoms with Gasteiger partial charge in [-0.3, -0.25) is 9.89 Å². The quantitative estimate of drug-likeness (QED) is 0.651. The molecule has 0 aliphatic rings. The smallest absolute Gasteiger partial charge is 0.332 e. The number of aromatic nitrogens is 2. The molecular formula is C18H21ClF4N4O. The molecule has 10 heteroatoms. The second-order valence-electron chi connectivity index (χ2n) is 6.15. The van der Waals surface area contributed by atoms with E-state index in [1.807, 2.05) is 13.8 Å².